The van der Waals surface area contributed by atoms with E-state index in [1.165, 1.54) is 12.8 Å². The molecule has 1 saturated heterocycles. The zero-order chi connectivity index (χ0) is 14.6. The molecule has 4 rings (SSSR count). The van der Waals surface area contributed by atoms with Gasteiger partial charge in [-0.25, -0.2) is 4.63 Å². The summed E-state index contributed by atoms with van der Waals surface area (Å²) < 4.78 is 10.8. The van der Waals surface area contributed by atoms with Gasteiger partial charge in [-0.1, -0.05) is 0 Å². The van der Waals surface area contributed by atoms with Crippen LogP contribution in [0.25, 0.3) is 11.0 Å². The Labute approximate surface area is 122 Å². The van der Waals surface area contributed by atoms with Crippen LogP contribution in [0.1, 0.15) is 38.3 Å². The van der Waals surface area contributed by atoms with Crippen molar-refractivity contribution >= 4 is 11.0 Å². The van der Waals surface area contributed by atoms with E-state index in [9.17, 15) is 5.11 Å². The summed E-state index contributed by atoms with van der Waals surface area (Å²) in [4.78, 5) is 2.34. The number of fused-ring (bicyclic) bond motifs is 2. The molecule has 2 atom stereocenters. The molecular weight excluding hydrogens is 270 g/mol. The summed E-state index contributed by atoms with van der Waals surface area (Å²) in [6, 6.07) is 3.73. The van der Waals surface area contributed by atoms with Crippen LogP contribution in [-0.2, 0) is 0 Å². The van der Waals surface area contributed by atoms with Crippen LogP contribution >= 0.6 is 0 Å². The second-order valence-electron chi connectivity index (χ2n) is 6.48. The average Bonchev–Trinajstić information content (AvgIpc) is 3.08. The lowest BCUT2D eigenvalue weighted by molar-refractivity contribution is -0.0894. The van der Waals surface area contributed by atoms with Crippen LogP contribution in [0.5, 0.6) is 5.75 Å². The Hall–Kier alpha value is -1.66. The summed E-state index contributed by atoms with van der Waals surface area (Å²) in [7, 11) is 0. The molecule has 6 heteroatoms. The van der Waals surface area contributed by atoms with Crippen LogP contribution in [0.3, 0.4) is 0 Å². The summed E-state index contributed by atoms with van der Waals surface area (Å²) in [5.74, 6) is 0.769. The molecule has 6 nitrogen and oxygen atoms in total. The summed E-state index contributed by atoms with van der Waals surface area (Å²) in [6.45, 7) is 5.86. The van der Waals surface area contributed by atoms with E-state index in [1.54, 1.807) is 0 Å². The summed E-state index contributed by atoms with van der Waals surface area (Å²) >= 11 is 0. The molecule has 1 aromatic carbocycles. The molecule has 0 amide bonds. The van der Waals surface area contributed by atoms with Gasteiger partial charge in [0, 0.05) is 11.6 Å². The van der Waals surface area contributed by atoms with Crippen LogP contribution < -0.4 is 4.74 Å². The van der Waals surface area contributed by atoms with Gasteiger partial charge >= 0.3 is 0 Å². The summed E-state index contributed by atoms with van der Waals surface area (Å²) in [5, 5.41) is 18.6. The van der Waals surface area contributed by atoms with Crippen LogP contribution in [-0.4, -0.2) is 45.1 Å². The van der Waals surface area contributed by atoms with Crippen LogP contribution in [0.4, 0.5) is 0 Å². The second kappa shape index (κ2) is 4.42. The van der Waals surface area contributed by atoms with E-state index >= 15 is 0 Å². The lowest BCUT2D eigenvalue weighted by Gasteiger charge is -2.45. The number of ether oxygens (including phenoxy) is 1. The molecule has 1 fully saturated rings. The maximum atomic E-state index is 10.8. The number of aliphatic hydroxyl groups is 1. The zero-order valence-corrected chi connectivity index (χ0v) is 12.2. The van der Waals surface area contributed by atoms with Gasteiger partial charge in [-0.15, -0.1) is 0 Å². The van der Waals surface area contributed by atoms with Gasteiger partial charge in [0.1, 0.15) is 28.5 Å². The molecule has 3 heterocycles. The van der Waals surface area contributed by atoms with Crippen molar-refractivity contribution in [3.63, 3.8) is 0 Å². The van der Waals surface area contributed by atoms with Crippen LogP contribution in [0.2, 0.25) is 0 Å². The summed E-state index contributed by atoms with van der Waals surface area (Å²) in [5.41, 5.74) is 1.73. The molecule has 112 valence electrons. The Morgan fingerprint density at radius 2 is 1.86 bits per heavy atom. The highest BCUT2D eigenvalue weighted by Gasteiger charge is 2.46. The predicted octanol–water partition coefficient (Wildman–Crippen LogP) is 1.89. The third-order valence-electron chi connectivity index (χ3n) is 4.62. The first kappa shape index (κ1) is 13.0. The van der Waals surface area contributed by atoms with Gasteiger partial charge in [-0.2, -0.15) is 0 Å². The number of aromatic nitrogens is 2. The molecular formula is C15H19N3O3. The minimum absolute atomic E-state index is 0.0626. The first-order chi connectivity index (χ1) is 10.1. The Balaban J connectivity index is 1.88. The van der Waals surface area contributed by atoms with E-state index in [0.717, 1.165) is 24.4 Å². The zero-order valence-electron chi connectivity index (χ0n) is 12.2. The number of likely N-dealkylation sites (tertiary alicyclic amines) is 1. The van der Waals surface area contributed by atoms with Crippen molar-refractivity contribution in [2.75, 3.05) is 13.1 Å². The van der Waals surface area contributed by atoms with Crippen molar-refractivity contribution < 1.29 is 14.5 Å². The molecule has 0 saturated carbocycles. The Morgan fingerprint density at radius 1 is 1.19 bits per heavy atom. The lowest BCUT2D eigenvalue weighted by atomic mass is 9.85. The quantitative estimate of drug-likeness (QED) is 0.864. The van der Waals surface area contributed by atoms with Gasteiger partial charge in [-0.3, -0.25) is 4.90 Å². The van der Waals surface area contributed by atoms with Gasteiger partial charge in [0.25, 0.3) is 0 Å². The van der Waals surface area contributed by atoms with Crippen molar-refractivity contribution in [2.24, 2.45) is 0 Å². The van der Waals surface area contributed by atoms with Gasteiger partial charge in [0.05, 0.1) is 6.04 Å². The van der Waals surface area contributed by atoms with Crippen LogP contribution in [0, 0.1) is 0 Å². The number of aliphatic hydroxyl groups excluding tert-OH is 1. The van der Waals surface area contributed by atoms with Crippen molar-refractivity contribution in [3.05, 3.63) is 17.7 Å². The fraction of sp³-hybridized carbons (Fsp3) is 0.600. The Bertz CT molecular complexity index is 676. The van der Waals surface area contributed by atoms with Crippen LogP contribution in [0.15, 0.2) is 16.8 Å². The minimum Gasteiger partial charge on any atom is -0.485 e. The van der Waals surface area contributed by atoms with Crippen molar-refractivity contribution in [1.29, 1.82) is 0 Å². The highest BCUT2D eigenvalue weighted by Crippen LogP contribution is 2.44. The van der Waals surface area contributed by atoms with E-state index in [0.29, 0.717) is 11.0 Å². The van der Waals surface area contributed by atoms with Gasteiger partial charge in [0.15, 0.2) is 0 Å². The largest absolute Gasteiger partial charge is 0.485 e. The number of hydrogen-bond donors (Lipinski definition) is 1. The van der Waals surface area contributed by atoms with Gasteiger partial charge in [0.2, 0.25) is 0 Å². The molecule has 0 aliphatic carbocycles. The first-order valence-electron chi connectivity index (χ1n) is 7.43. The highest BCUT2D eigenvalue weighted by molar-refractivity contribution is 5.77. The minimum atomic E-state index is -0.634. The molecule has 0 radical (unpaired) electrons. The smallest absolute Gasteiger partial charge is 0.138 e. The molecule has 2 unspecified atom stereocenters. The Kier molecular flexibility index (Phi) is 2.74. The molecule has 0 bridgehead atoms. The summed E-state index contributed by atoms with van der Waals surface area (Å²) in [6.07, 6.45) is 1.77. The van der Waals surface area contributed by atoms with Crippen molar-refractivity contribution in [3.8, 4) is 5.75 Å². The monoisotopic (exact) mass is 289 g/mol. The average molecular weight is 289 g/mol. The number of nitrogens with zero attached hydrogens (tertiary/aromatic N) is 3. The standard InChI is InChI=1S/C15H19N3O3/c1-15(2)14(19)13(18-5-3-4-6-18)9-7-10-11(17-21-16-10)8-12(9)20-15/h7-8,13-14,19H,3-6H2,1-2H3. The van der Waals surface area contributed by atoms with Crippen molar-refractivity contribution in [2.45, 2.75) is 44.4 Å². The fourth-order valence-electron chi connectivity index (χ4n) is 3.46. The topological polar surface area (TPSA) is 71.6 Å². The first-order valence-corrected chi connectivity index (χ1v) is 7.43. The molecule has 0 spiro atoms. The third-order valence-corrected chi connectivity index (χ3v) is 4.62. The molecule has 2 aliphatic heterocycles. The SMILES string of the molecule is CC1(C)Oc2cc3nonc3cc2C(N2CCCC2)C1O. The fourth-order valence-corrected chi connectivity index (χ4v) is 3.46. The molecule has 21 heavy (non-hydrogen) atoms. The highest BCUT2D eigenvalue weighted by atomic mass is 16.6. The molecule has 2 aliphatic rings. The van der Waals surface area contributed by atoms with E-state index in [2.05, 4.69) is 15.2 Å². The maximum Gasteiger partial charge on any atom is 0.138 e. The second-order valence-corrected chi connectivity index (χ2v) is 6.48. The molecule has 2 aromatic rings. The third kappa shape index (κ3) is 1.93. The number of rotatable bonds is 1. The number of benzene rings is 1. The molecule has 1 N–H and O–H groups in total. The van der Waals surface area contributed by atoms with E-state index in [1.807, 2.05) is 26.0 Å². The van der Waals surface area contributed by atoms with Gasteiger partial charge < -0.3 is 9.84 Å². The van der Waals surface area contributed by atoms with E-state index in [-0.39, 0.29) is 6.04 Å². The molecule has 1 aromatic heterocycles. The number of hydrogen-bond acceptors (Lipinski definition) is 6. The van der Waals surface area contributed by atoms with Gasteiger partial charge in [-0.05, 0) is 56.2 Å². The normalized spacial score (nSPS) is 28.5. The Morgan fingerprint density at radius 3 is 2.57 bits per heavy atom. The predicted molar refractivity (Wildman–Crippen MR) is 76.1 cm³/mol. The van der Waals surface area contributed by atoms with Crippen molar-refractivity contribution in [1.82, 2.24) is 15.2 Å². The van der Waals surface area contributed by atoms with E-state index in [4.69, 9.17) is 9.37 Å². The van der Waals surface area contributed by atoms with E-state index < -0.39 is 11.7 Å². The maximum absolute atomic E-state index is 10.8. The lowest BCUT2D eigenvalue weighted by Crippen LogP contribution is -2.53.